The van der Waals surface area contributed by atoms with Crippen molar-refractivity contribution >= 4 is 22.9 Å². The monoisotopic (exact) mass is 236 g/mol. The molecule has 0 aromatic heterocycles. The molecule has 3 heteroatoms. The van der Waals surface area contributed by atoms with Gasteiger partial charge in [0, 0.05) is 18.2 Å². The highest BCUT2D eigenvalue weighted by Crippen LogP contribution is 2.24. The number of rotatable bonds is 5. The number of nitrogens with one attached hydrogen (secondary N) is 1. The second-order valence-corrected chi connectivity index (χ2v) is 4.98. The van der Waals surface area contributed by atoms with E-state index in [9.17, 15) is 0 Å². The fourth-order valence-corrected chi connectivity index (χ4v) is 2.00. The minimum Gasteiger partial charge on any atom is -0.393 e. The first kappa shape index (κ1) is 13.0. The van der Waals surface area contributed by atoms with E-state index in [1.807, 2.05) is 6.07 Å². The summed E-state index contributed by atoms with van der Waals surface area (Å²) >= 11 is 4.91. The summed E-state index contributed by atoms with van der Waals surface area (Å²) in [6.45, 7) is 6.48. The maximum Gasteiger partial charge on any atom is 0.0747 e. The molecule has 1 rings (SSSR count). The molecule has 0 aliphatic carbocycles. The largest absolute Gasteiger partial charge is 0.393 e. The number of hydrogen-bond donors (Lipinski definition) is 2. The first-order chi connectivity index (χ1) is 7.50. The summed E-state index contributed by atoms with van der Waals surface area (Å²) in [4.78, 5) is 0.557. The molecule has 1 atom stereocenters. The van der Waals surface area contributed by atoms with Crippen LogP contribution in [0.5, 0.6) is 0 Å². The van der Waals surface area contributed by atoms with Crippen LogP contribution in [0.4, 0.5) is 5.69 Å². The van der Waals surface area contributed by atoms with E-state index in [-0.39, 0.29) is 6.04 Å². The van der Waals surface area contributed by atoms with E-state index in [1.54, 1.807) is 0 Å². The van der Waals surface area contributed by atoms with Crippen molar-refractivity contribution in [1.82, 2.24) is 0 Å². The Kier molecular flexibility index (Phi) is 4.74. The number of benzene rings is 1. The fraction of sp³-hybridized carbons (Fsp3) is 0.462. The molecular weight excluding hydrogens is 216 g/mol. The highest BCUT2D eigenvalue weighted by atomic mass is 32.1. The van der Waals surface area contributed by atoms with Crippen LogP contribution in [0.15, 0.2) is 24.3 Å². The maximum absolute atomic E-state index is 5.54. The van der Waals surface area contributed by atoms with Gasteiger partial charge in [-0.1, -0.05) is 44.3 Å². The number of thiocarbonyl (C=S) groups is 1. The van der Waals surface area contributed by atoms with Gasteiger partial charge in [0.05, 0.1) is 4.99 Å². The molecule has 0 bridgehead atoms. The highest BCUT2D eigenvalue weighted by Gasteiger charge is 2.08. The van der Waals surface area contributed by atoms with Crippen LogP contribution < -0.4 is 11.1 Å². The Balaban J connectivity index is 2.76. The second kappa shape index (κ2) is 5.85. The van der Waals surface area contributed by atoms with Crippen LogP contribution in [0.3, 0.4) is 0 Å². The molecule has 1 unspecified atom stereocenters. The first-order valence-electron chi connectivity index (χ1n) is 5.64. The van der Waals surface area contributed by atoms with Crippen LogP contribution in [0.2, 0.25) is 0 Å². The molecule has 1 aromatic rings. The minimum absolute atomic E-state index is 0.275. The molecule has 16 heavy (non-hydrogen) atoms. The summed E-state index contributed by atoms with van der Waals surface area (Å²) in [5, 5.41) is 3.46. The van der Waals surface area contributed by atoms with Gasteiger partial charge in [-0.05, 0) is 24.5 Å². The lowest BCUT2D eigenvalue weighted by atomic mass is 10.0. The fourth-order valence-electron chi connectivity index (χ4n) is 1.75. The van der Waals surface area contributed by atoms with Crippen molar-refractivity contribution in [1.29, 1.82) is 0 Å². The molecule has 0 radical (unpaired) electrons. The van der Waals surface area contributed by atoms with Gasteiger partial charge in [0.15, 0.2) is 0 Å². The lowest BCUT2D eigenvalue weighted by Crippen LogP contribution is -2.23. The molecule has 2 nitrogen and oxygen atoms in total. The van der Waals surface area contributed by atoms with Gasteiger partial charge in [0.1, 0.15) is 0 Å². The third-order valence-electron chi connectivity index (χ3n) is 2.49. The molecule has 0 aliphatic rings. The number of nitrogens with two attached hydrogens (primary N) is 1. The molecule has 0 aliphatic heterocycles. The van der Waals surface area contributed by atoms with Gasteiger partial charge in [-0.3, -0.25) is 0 Å². The van der Waals surface area contributed by atoms with E-state index < -0.39 is 0 Å². The van der Waals surface area contributed by atoms with Crippen LogP contribution in [0.1, 0.15) is 38.7 Å². The van der Waals surface area contributed by atoms with Crippen molar-refractivity contribution in [2.24, 2.45) is 5.73 Å². The average Bonchev–Trinajstić information content (AvgIpc) is 2.16. The molecule has 1 aromatic carbocycles. The Morgan fingerprint density at radius 2 is 1.94 bits per heavy atom. The normalized spacial score (nSPS) is 12.5. The van der Waals surface area contributed by atoms with Crippen LogP contribution in [-0.4, -0.2) is 11.0 Å². The Labute approximate surface area is 103 Å². The van der Waals surface area contributed by atoms with Gasteiger partial charge in [0.25, 0.3) is 0 Å². The Hall–Kier alpha value is -1.09. The van der Waals surface area contributed by atoms with E-state index in [1.165, 1.54) is 11.3 Å². The van der Waals surface area contributed by atoms with E-state index in [0.717, 1.165) is 6.42 Å². The molecular formula is C13H20N2S. The molecule has 0 saturated carbocycles. The molecule has 0 heterocycles. The standard InChI is InChI=1S/C13H20N2S/c1-9(2)11-6-4-5-7-12(11)15-10(3)8-13(14)16/h4-7,9-10,15H,8H2,1-3H3,(H2,14,16). The summed E-state index contributed by atoms with van der Waals surface area (Å²) in [6, 6.07) is 8.64. The summed E-state index contributed by atoms with van der Waals surface area (Å²) in [6.07, 6.45) is 0.724. The average molecular weight is 236 g/mol. The lowest BCUT2D eigenvalue weighted by Gasteiger charge is -2.19. The first-order valence-corrected chi connectivity index (χ1v) is 6.05. The van der Waals surface area contributed by atoms with E-state index >= 15 is 0 Å². The molecule has 0 spiro atoms. The Morgan fingerprint density at radius 1 is 1.31 bits per heavy atom. The predicted octanol–water partition coefficient (Wildman–Crippen LogP) is 3.29. The maximum atomic E-state index is 5.54. The lowest BCUT2D eigenvalue weighted by molar-refractivity contribution is 0.819. The van der Waals surface area contributed by atoms with Crippen molar-refractivity contribution in [2.75, 3.05) is 5.32 Å². The Bertz CT molecular complexity index is 361. The smallest absolute Gasteiger partial charge is 0.0747 e. The molecule has 0 amide bonds. The summed E-state index contributed by atoms with van der Waals surface area (Å²) in [5.41, 5.74) is 8.05. The van der Waals surface area contributed by atoms with E-state index in [0.29, 0.717) is 10.9 Å². The molecule has 0 fully saturated rings. The molecule has 0 saturated heterocycles. The van der Waals surface area contributed by atoms with E-state index in [2.05, 4.69) is 44.3 Å². The Morgan fingerprint density at radius 3 is 2.50 bits per heavy atom. The van der Waals surface area contributed by atoms with Crippen LogP contribution >= 0.6 is 12.2 Å². The van der Waals surface area contributed by atoms with Gasteiger partial charge < -0.3 is 11.1 Å². The van der Waals surface area contributed by atoms with Crippen molar-refractivity contribution in [3.63, 3.8) is 0 Å². The zero-order valence-corrected chi connectivity index (χ0v) is 11.0. The topological polar surface area (TPSA) is 38.0 Å². The predicted molar refractivity (Wildman–Crippen MR) is 75.0 cm³/mol. The van der Waals surface area contributed by atoms with Crippen molar-refractivity contribution in [3.05, 3.63) is 29.8 Å². The quantitative estimate of drug-likeness (QED) is 0.770. The molecule has 3 N–H and O–H groups in total. The minimum atomic E-state index is 0.275. The van der Waals surface area contributed by atoms with Gasteiger partial charge >= 0.3 is 0 Å². The van der Waals surface area contributed by atoms with E-state index in [4.69, 9.17) is 18.0 Å². The molecule has 88 valence electrons. The van der Waals surface area contributed by atoms with Crippen molar-refractivity contribution in [3.8, 4) is 0 Å². The highest BCUT2D eigenvalue weighted by molar-refractivity contribution is 7.80. The van der Waals surface area contributed by atoms with Gasteiger partial charge in [0.2, 0.25) is 0 Å². The van der Waals surface area contributed by atoms with Crippen molar-refractivity contribution < 1.29 is 0 Å². The third kappa shape index (κ3) is 3.81. The van der Waals surface area contributed by atoms with Crippen LogP contribution in [0.25, 0.3) is 0 Å². The summed E-state index contributed by atoms with van der Waals surface area (Å²) in [7, 11) is 0. The number of para-hydroxylation sites is 1. The van der Waals surface area contributed by atoms with Gasteiger partial charge in [-0.25, -0.2) is 0 Å². The number of hydrogen-bond acceptors (Lipinski definition) is 2. The number of anilines is 1. The second-order valence-electron chi connectivity index (χ2n) is 4.46. The summed E-state index contributed by atoms with van der Waals surface area (Å²) in [5.74, 6) is 0.515. The van der Waals surface area contributed by atoms with Crippen molar-refractivity contribution in [2.45, 2.75) is 39.2 Å². The SMILES string of the molecule is CC(CC(N)=S)Nc1ccccc1C(C)C. The van der Waals surface area contributed by atoms with Gasteiger partial charge in [-0.15, -0.1) is 0 Å². The van der Waals surface area contributed by atoms with Gasteiger partial charge in [-0.2, -0.15) is 0 Å². The van der Waals surface area contributed by atoms with Crippen LogP contribution in [0, 0.1) is 0 Å². The third-order valence-corrected chi connectivity index (χ3v) is 2.66. The summed E-state index contributed by atoms with van der Waals surface area (Å²) < 4.78 is 0. The van der Waals surface area contributed by atoms with Crippen LogP contribution in [-0.2, 0) is 0 Å². The zero-order chi connectivity index (χ0) is 12.1. The zero-order valence-electron chi connectivity index (χ0n) is 10.2.